The molecule has 1 aliphatic heterocycles. The molecule has 4 rings (SSSR count). The molecule has 0 unspecified atom stereocenters. The number of carbonyl (C=O) groups excluding carboxylic acids is 3. The van der Waals surface area contributed by atoms with Crippen LogP contribution >= 0.6 is 11.8 Å². The molecule has 1 aliphatic rings. The Kier molecular flexibility index (Phi) is 6.42. The van der Waals surface area contributed by atoms with Crippen molar-refractivity contribution in [3.05, 3.63) is 71.1 Å². The van der Waals surface area contributed by atoms with Gasteiger partial charge in [0.2, 0.25) is 0 Å². The van der Waals surface area contributed by atoms with Crippen molar-refractivity contribution >= 4 is 51.4 Å². The van der Waals surface area contributed by atoms with Gasteiger partial charge < -0.3 is 14.8 Å². The zero-order valence-corrected chi connectivity index (χ0v) is 18.0. The van der Waals surface area contributed by atoms with E-state index in [1.54, 1.807) is 24.3 Å². The number of hydrogen-bond acceptors (Lipinski definition) is 6. The summed E-state index contributed by atoms with van der Waals surface area (Å²) >= 11 is 0.844. The van der Waals surface area contributed by atoms with E-state index in [2.05, 4.69) is 10.6 Å². The monoisotopic (exact) mass is 448 g/mol. The first-order valence-electron chi connectivity index (χ1n) is 9.95. The molecular weight excluding hydrogens is 428 g/mol. The average molecular weight is 449 g/mol. The fourth-order valence-electron chi connectivity index (χ4n) is 3.18. The molecule has 32 heavy (non-hydrogen) atoms. The Morgan fingerprint density at radius 3 is 2.56 bits per heavy atom. The largest absolute Gasteiger partial charge is 0.490 e. The number of imide groups is 1. The van der Waals surface area contributed by atoms with Crippen molar-refractivity contribution in [2.24, 2.45) is 0 Å². The molecule has 7 nitrogen and oxygen atoms in total. The number of hydrogen-bond donors (Lipinski definition) is 2. The van der Waals surface area contributed by atoms with Gasteiger partial charge in [0.25, 0.3) is 17.1 Å². The second-order valence-corrected chi connectivity index (χ2v) is 7.90. The normalized spacial score (nSPS) is 14.5. The van der Waals surface area contributed by atoms with Crippen LogP contribution in [0, 0.1) is 0 Å². The van der Waals surface area contributed by atoms with Crippen LogP contribution in [-0.2, 0) is 9.59 Å². The number of nitrogens with one attached hydrogen (secondary N) is 2. The molecule has 0 saturated carbocycles. The lowest BCUT2D eigenvalue weighted by Gasteiger charge is -2.13. The van der Waals surface area contributed by atoms with Gasteiger partial charge in [-0.15, -0.1) is 0 Å². The van der Waals surface area contributed by atoms with Crippen molar-refractivity contribution in [2.45, 2.75) is 6.92 Å². The molecule has 8 heteroatoms. The van der Waals surface area contributed by atoms with Gasteiger partial charge in [-0.1, -0.05) is 36.4 Å². The third kappa shape index (κ3) is 5.09. The first-order chi connectivity index (χ1) is 15.5. The summed E-state index contributed by atoms with van der Waals surface area (Å²) in [6.07, 6.45) is 1.60. The Morgan fingerprint density at radius 1 is 1.00 bits per heavy atom. The zero-order chi connectivity index (χ0) is 22.5. The minimum atomic E-state index is -0.427. The first kappa shape index (κ1) is 21.5. The summed E-state index contributed by atoms with van der Waals surface area (Å²) in [6.45, 7) is 2.04. The van der Waals surface area contributed by atoms with E-state index < -0.39 is 11.1 Å². The molecule has 1 fully saturated rings. The van der Waals surface area contributed by atoms with Crippen molar-refractivity contribution in [1.29, 1.82) is 0 Å². The quantitative estimate of drug-likeness (QED) is 0.514. The Hall–Kier alpha value is -3.78. The van der Waals surface area contributed by atoms with E-state index in [1.807, 2.05) is 49.4 Å². The molecule has 0 aromatic heterocycles. The van der Waals surface area contributed by atoms with E-state index >= 15 is 0 Å². The summed E-state index contributed by atoms with van der Waals surface area (Å²) in [4.78, 5) is 35.8. The predicted octanol–water partition coefficient (Wildman–Crippen LogP) is 4.58. The highest BCUT2D eigenvalue weighted by Gasteiger charge is 2.25. The molecule has 3 amide bonds. The maximum absolute atomic E-state index is 12.4. The van der Waals surface area contributed by atoms with Gasteiger partial charge in [-0.25, -0.2) is 0 Å². The summed E-state index contributed by atoms with van der Waals surface area (Å²) in [6, 6.07) is 18.7. The highest BCUT2D eigenvalue weighted by molar-refractivity contribution is 8.18. The Labute approximate surface area is 188 Å². The van der Waals surface area contributed by atoms with Crippen LogP contribution in [0.1, 0.15) is 12.5 Å². The van der Waals surface area contributed by atoms with Gasteiger partial charge in [0.15, 0.2) is 18.1 Å². The fraction of sp³-hybridized carbons (Fsp3) is 0.125. The van der Waals surface area contributed by atoms with Crippen molar-refractivity contribution in [2.75, 3.05) is 18.5 Å². The highest BCUT2D eigenvalue weighted by Crippen LogP contribution is 2.32. The number of rotatable bonds is 7. The number of benzene rings is 3. The van der Waals surface area contributed by atoms with Gasteiger partial charge in [0.1, 0.15) is 0 Å². The maximum Gasteiger partial charge on any atom is 0.290 e. The summed E-state index contributed by atoms with van der Waals surface area (Å²) < 4.78 is 11.3. The van der Waals surface area contributed by atoms with Crippen LogP contribution in [-0.4, -0.2) is 30.3 Å². The lowest BCUT2D eigenvalue weighted by Crippen LogP contribution is -2.20. The second-order valence-electron chi connectivity index (χ2n) is 6.89. The SMILES string of the molecule is CCOc1cc(/C=C2/SC(=O)NC2=O)ccc1OCC(=O)Nc1ccc2ccccc2c1. The van der Waals surface area contributed by atoms with Gasteiger partial charge in [-0.05, 0) is 65.4 Å². The third-order valence-electron chi connectivity index (χ3n) is 4.60. The van der Waals surface area contributed by atoms with E-state index in [0.29, 0.717) is 34.3 Å². The van der Waals surface area contributed by atoms with E-state index in [-0.39, 0.29) is 12.5 Å². The zero-order valence-electron chi connectivity index (χ0n) is 17.2. The summed E-state index contributed by atoms with van der Waals surface area (Å²) in [5.74, 6) is 0.118. The molecule has 0 aliphatic carbocycles. The average Bonchev–Trinajstić information content (AvgIpc) is 3.09. The molecule has 2 N–H and O–H groups in total. The molecule has 162 valence electrons. The molecule has 0 radical (unpaired) electrons. The summed E-state index contributed by atoms with van der Waals surface area (Å²) in [5, 5.41) is 6.78. The van der Waals surface area contributed by atoms with E-state index in [1.165, 1.54) is 0 Å². The van der Waals surface area contributed by atoms with Crippen molar-refractivity contribution < 1.29 is 23.9 Å². The summed E-state index contributed by atoms with van der Waals surface area (Å²) in [7, 11) is 0. The maximum atomic E-state index is 12.4. The van der Waals surface area contributed by atoms with Gasteiger partial charge in [-0.2, -0.15) is 0 Å². The van der Waals surface area contributed by atoms with Gasteiger partial charge >= 0.3 is 0 Å². The minimum Gasteiger partial charge on any atom is -0.490 e. The molecule has 1 heterocycles. The highest BCUT2D eigenvalue weighted by atomic mass is 32.2. The number of anilines is 1. The van der Waals surface area contributed by atoms with Crippen LogP contribution in [0.4, 0.5) is 10.5 Å². The van der Waals surface area contributed by atoms with Gasteiger partial charge in [-0.3, -0.25) is 19.7 Å². The third-order valence-corrected chi connectivity index (χ3v) is 5.41. The smallest absolute Gasteiger partial charge is 0.290 e. The minimum absolute atomic E-state index is 0.194. The van der Waals surface area contributed by atoms with Crippen molar-refractivity contribution in [3.63, 3.8) is 0 Å². The Balaban J connectivity index is 1.43. The molecule has 0 spiro atoms. The van der Waals surface area contributed by atoms with E-state index in [4.69, 9.17) is 9.47 Å². The predicted molar refractivity (Wildman–Crippen MR) is 125 cm³/mol. The molecule has 0 bridgehead atoms. The standard InChI is InChI=1S/C24H20N2O5S/c1-2-30-20-11-15(12-21-23(28)26-24(29)32-21)7-10-19(20)31-14-22(27)25-18-9-8-16-5-3-4-6-17(16)13-18/h3-13H,2,14H2,1H3,(H,25,27)(H,26,28,29)/b21-12+. The summed E-state index contributed by atoms with van der Waals surface area (Å²) in [5.41, 5.74) is 1.36. The van der Waals surface area contributed by atoms with Gasteiger partial charge in [0, 0.05) is 5.69 Å². The topological polar surface area (TPSA) is 93.7 Å². The van der Waals surface area contributed by atoms with Crippen LogP contribution in [0.3, 0.4) is 0 Å². The lowest BCUT2D eigenvalue weighted by atomic mass is 10.1. The van der Waals surface area contributed by atoms with Crippen molar-refractivity contribution in [3.8, 4) is 11.5 Å². The lowest BCUT2D eigenvalue weighted by molar-refractivity contribution is -0.118. The molecule has 3 aromatic rings. The molecule has 3 aromatic carbocycles. The molecular formula is C24H20N2O5S. The Bertz CT molecular complexity index is 1240. The number of ether oxygens (including phenoxy) is 2. The number of amides is 3. The van der Waals surface area contributed by atoms with E-state index in [0.717, 1.165) is 22.5 Å². The van der Waals surface area contributed by atoms with E-state index in [9.17, 15) is 14.4 Å². The molecule has 0 atom stereocenters. The number of fused-ring (bicyclic) bond motifs is 1. The van der Waals surface area contributed by atoms with Crippen molar-refractivity contribution in [1.82, 2.24) is 5.32 Å². The van der Waals surface area contributed by atoms with Crippen LogP contribution in [0.15, 0.2) is 65.6 Å². The second kappa shape index (κ2) is 9.57. The van der Waals surface area contributed by atoms with Crippen LogP contribution in [0.5, 0.6) is 11.5 Å². The number of thioether (sulfide) groups is 1. The fourth-order valence-corrected chi connectivity index (χ4v) is 3.86. The molecule has 1 saturated heterocycles. The van der Waals surface area contributed by atoms with Gasteiger partial charge in [0.05, 0.1) is 11.5 Å². The number of carbonyl (C=O) groups is 3. The van der Waals surface area contributed by atoms with Crippen LogP contribution in [0.2, 0.25) is 0 Å². The Morgan fingerprint density at radius 2 is 1.81 bits per heavy atom. The van der Waals surface area contributed by atoms with Crippen LogP contribution < -0.4 is 20.1 Å². The van der Waals surface area contributed by atoms with Crippen LogP contribution in [0.25, 0.3) is 16.8 Å². The first-order valence-corrected chi connectivity index (χ1v) is 10.8.